The minimum absolute atomic E-state index is 0.0591. The largest absolute Gasteiger partial charge is 0.507 e. The molecule has 0 bridgehead atoms. The molecule has 33 heavy (non-hydrogen) atoms. The lowest BCUT2D eigenvalue weighted by atomic mass is 9.77. The van der Waals surface area contributed by atoms with E-state index in [1.807, 2.05) is 84.9 Å². The summed E-state index contributed by atoms with van der Waals surface area (Å²) in [4.78, 5) is 14.6. The van der Waals surface area contributed by atoms with Crippen LogP contribution in [-0.2, 0) is 15.1 Å². The lowest BCUT2D eigenvalue weighted by molar-refractivity contribution is -0.124. The summed E-state index contributed by atoms with van der Waals surface area (Å²) in [7, 11) is 0. The molecule has 4 nitrogen and oxygen atoms in total. The van der Waals surface area contributed by atoms with Crippen molar-refractivity contribution in [2.45, 2.75) is 18.8 Å². The first-order valence-electron chi connectivity index (χ1n) is 10.7. The number of hydrogen-bond acceptors (Lipinski definition) is 3. The first kappa shape index (κ1) is 21.4. The Bertz CT molecular complexity index is 1270. The van der Waals surface area contributed by atoms with Crippen molar-refractivity contribution in [1.82, 2.24) is 0 Å². The van der Waals surface area contributed by atoms with E-state index in [9.17, 15) is 9.90 Å². The number of rotatable bonds is 3. The maximum atomic E-state index is 13.0. The second-order valence-electron chi connectivity index (χ2n) is 7.99. The summed E-state index contributed by atoms with van der Waals surface area (Å²) in [5.74, 6) is -0.120. The van der Waals surface area contributed by atoms with Crippen LogP contribution in [0.2, 0.25) is 0 Å². The van der Waals surface area contributed by atoms with Crippen LogP contribution in [0.15, 0.2) is 108 Å². The summed E-state index contributed by atoms with van der Waals surface area (Å²) in [6.45, 7) is 1.51. The molecule has 0 fully saturated rings. The first-order chi connectivity index (χ1) is 16.0. The van der Waals surface area contributed by atoms with Crippen molar-refractivity contribution in [3.63, 3.8) is 0 Å². The third-order valence-electron chi connectivity index (χ3n) is 6.02. The number of benzene rings is 4. The number of hydrogen-bond donors (Lipinski definition) is 1. The van der Waals surface area contributed by atoms with E-state index in [4.69, 9.17) is 4.74 Å². The van der Waals surface area contributed by atoms with Crippen molar-refractivity contribution < 1.29 is 14.6 Å². The summed E-state index contributed by atoms with van der Waals surface area (Å²) in [5, 5.41) is 10.8. The summed E-state index contributed by atoms with van der Waals surface area (Å²) in [6.07, 6.45) is -0.852. The zero-order valence-electron chi connectivity index (χ0n) is 18.0. The highest BCUT2D eigenvalue weighted by Crippen LogP contribution is 2.53. The second kappa shape index (κ2) is 8.50. The number of phenols is 1. The van der Waals surface area contributed by atoms with E-state index in [2.05, 4.69) is 15.9 Å². The van der Waals surface area contributed by atoms with Crippen LogP contribution in [-0.4, -0.2) is 11.0 Å². The predicted octanol–water partition coefficient (Wildman–Crippen LogP) is 6.53. The fourth-order valence-electron chi connectivity index (χ4n) is 4.61. The fraction of sp³-hybridized carbons (Fsp3) is 0.107. The third kappa shape index (κ3) is 3.54. The molecule has 0 spiro atoms. The molecule has 0 aromatic heterocycles. The Hall–Kier alpha value is -3.41. The van der Waals surface area contributed by atoms with Crippen molar-refractivity contribution in [2.24, 2.45) is 0 Å². The molecule has 1 aliphatic rings. The van der Waals surface area contributed by atoms with Gasteiger partial charge in [0.15, 0.2) is 6.23 Å². The number of ether oxygens (including phenoxy) is 1. The number of aromatic hydroxyl groups is 1. The molecule has 0 saturated heterocycles. The SMILES string of the molecule is CC(=O)N1c2ccccc2C(c2ccccc2)(c2ccccc2)O[C@@H]1c1cc(Br)ccc1O. The van der Waals surface area contributed by atoms with Crippen molar-refractivity contribution in [3.05, 3.63) is 130 Å². The van der Waals surface area contributed by atoms with Crippen LogP contribution in [0.3, 0.4) is 0 Å². The summed E-state index contributed by atoms with van der Waals surface area (Å²) in [5.41, 5.74) is 2.99. The van der Waals surface area contributed by atoms with Crippen LogP contribution in [0.25, 0.3) is 0 Å². The number of amides is 1. The fourth-order valence-corrected chi connectivity index (χ4v) is 4.99. The van der Waals surface area contributed by atoms with Crippen molar-refractivity contribution in [3.8, 4) is 5.75 Å². The molecule has 1 aliphatic heterocycles. The highest BCUT2D eigenvalue weighted by molar-refractivity contribution is 9.10. The zero-order valence-corrected chi connectivity index (χ0v) is 19.6. The number of anilines is 1. The lowest BCUT2D eigenvalue weighted by Crippen LogP contribution is -2.48. The molecule has 5 heteroatoms. The molecule has 1 atom stereocenters. The van der Waals surface area contributed by atoms with Gasteiger partial charge in [0.05, 0.1) is 5.69 Å². The monoisotopic (exact) mass is 499 g/mol. The molecule has 0 aliphatic carbocycles. The third-order valence-corrected chi connectivity index (χ3v) is 6.51. The highest BCUT2D eigenvalue weighted by Gasteiger charge is 2.49. The summed E-state index contributed by atoms with van der Waals surface area (Å²) < 4.78 is 7.78. The number of para-hydroxylation sites is 1. The molecule has 4 aromatic carbocycles. The van der Waals surface area contributed by atoms with Crippen LogP contribution in [0.4, 0.5) is 5.69 Å². The van der Waals surface area contributed by atoms with Gasteiger partial charge in [0, 0.05) is 22.5 Å². The van der Waals surface area contributed by atoms with E-state index >= 15 is 0 Å². The van der Waals surface area contributed by atoms with Crippen LogP contribution < -0.4 is 4.90 Å². The molecule has 1 amide bonds. The first-order valence-corrected chi connectivity index (χ1v) is 11.5. The average molecular weight is 500 g/mol. The van der Waals surface area contributed by atoms with Gasteiger partial charge in [-0.25, -0.2) is 0 Å². The summed E-state index contributed by atoms with van der Waals surface area (Å²) in [6, 6.07) is 33.0. The smallest absolute Gasteiger partial charge is 0.226 e. The molecular formula is C28H22BrNO3. The van der Waals surface area contributed by atoms with Crippen LogP contribution in [0, 0.1) is 0 Å². The Morgan fingerprint density at radius 2 is 1.45 bits per heavy atom. The Labute approximate surface area is 201 Å². The predicted molar refractivity (Wildman–Crippen MR) is 132 cm³/mol. The van der Waals surface area contributed by atoms with Crippen molar-refractivity contribution in [1.29, 1.82) is 0 Å². The molecule has 1 N–H and O–H groups in total. The van der Waals surface area contributed by atoms with Gasteiger partial charge < -0.3 is 9.84 Å². The quantitative estimate of drug-likeness (QED) is 0.348. The number of carbonyl (C=O) groups is 1. The molecule has 164 valence electrons. The topological polar surface area (TPSA) is 49.8 Å². The number of phenolic OH excluding ortho intramolecular Hbond substituents is 1. The summed E-state index contributed by atoms with van der Waals surface area (Å²) >= 11 is 3.50. The van der Waals surface area contributed by atoms with Crippen LogP contribution >= 0.6 is 15.9 Å². The van der Waals surface area contributed by atoms with Gasteiger partial charge >= 0.3 is 0 Å². The van der Waals surface area contributed by atoms with Gasteiger partial charge in [-0.1, -0.05) is 94.8 Å². The van der Waals surface area contributed by atoms with Gasteiger partial charge in [0.25, 0.3) is 0 Å². The Morgan fingerprint density at radius 3 is 2.06 bits per heavy atom. The Kier molecular flexibility index (Phi) is 5.52. The second-order valence-corrected chi connectivity index (χ2v) is 8.91. The molecule has 0 radical (unpaired) electrons. The Balaban J connectivity index is 1.87. The van der Waals surface area contributed by atoms with Gasteiger partial charge in [-0.15, -0.1) is 0 Å². The van der Waals surface area contributed by atoms with E-state index < -0.39 is 11.8 Å². The molecule has 5 rings (SSSR count). The molecular weight excluding hydrogens is 478 g/mol. The Morgan fingerprint density at radius 1 is 0.879 bits per heavy atom. The van der Waals surface area contributed by atoms with Crippen LogP contribution in [0.5, 0.6) is 5.75 Å². The molecule has 1 heterocycles. The van der Waals surface area contributed by atoms with Gasteiger partial charge in [0.1, 0.15) is 11.4 Å². The number of carbonyl (C=O) groups excluding carboxylic acids is 1. The van der Waals surface area contributed by atoms with E-state index in [1.54, 1.807) is 23.1 Å². The zero-order chi connectivity index (χ0) is 23.0. The number of nitrogens with zero attached hydrogens (tertiary/aromatic N) is 1. The van der Waals surface area contributed by atoms with Gasteiger partial charge in [-0.3, -0.25) is 9.69 Å². The van der Waals surface area contributed by atoms with E-state index in [0.717, 1.165) is 26.9 Å². The van der Waals surface area contributed by atoms with Crippen molar-refractivity contribution >= 4 is 27.5 Å². The minimum atomic E-state index is -0.996. The van der Waals surface area contributed by atoms with E-state index in [-0.39, 0.29) is 11.7 Å². The maximum Gasteiger partial charge on any atom is 0.226 e. The van der Waals surface area contributed by atoms with Gasteiger partial charge in [-0.2, -0.15) is 0 Å². The molecule has 4 aromatic rings. The number of fused-ring (bicyclic) bond motifs is 1. The van der Waals surface area contributed by atoms with Crippen molar-refractivity contribution in [2.75, 3.05) is 4.90 Å². The highest BCUT2D eigenvalue weighted by atomic mass is 79.9. The number of halogens is 1. The van der Waals surface area contributed by atoms with Gasteiger partial charge in [0.2, 0.25) is 5.91 Å². The lowest BCUT2D eigenvalue weighted by Gasteiger charge is -2.48. The maximum absolute atomic E-state index is 13.0. The average Bonchev–Trinajstić information content (AvgIpc) is 2.85. The minimum Gasteiger partial charge on any atom is -0.507 e. The molecule has 0 saturated carbocycles. The standard InChI is InChI=1S/C28H22BrNO3/c1-19(31)30-25-15-9-8-14-24(25)28(20-10-4-2-5-11-20,21-12-6-3-7-13-21)33-27(30)23-18-22(29)16-17-26(23)32/h2-18,27,32H,1H3/t27-/m1/s1. The van der Waals surface area contributed by atoms with Gasteiger partial charge in [-0.05, 0) is 35.4 Å². The van der Waals surface area contributed by atoms with E-state index in [1.165, 1.54) is 6.92 Å². The van der Waals surface area contributed by atoms with E-state index in [0.29, 0.717) is 5.56 Å². The van der Waals surface area contributed by atoms with Crippen LogP contribution in [0.1, 0.15) is 35.4 Å². The normalized spacial score (nSPS) is 16.8. The molecule has 0 unspecified atom stereocenters.